The molecule has 2 heterocycles. The Bertz CT molecular complexity index is 1010. The second-order valence-electron chi connectivity index (χ2n) is 6.30. The van der Waals surface area contributed by atoms with Gasteiger partial charge < -0.3 is 14.9 Å². The summed E-state index contributed by atoms with van der Waals surface area (Å²) < 4.78 is 11.0. The van der Waals surface area contributed by atoms with Crippen LogP contribution in [0.3, 0.4) is 0 Å². The maximum Gasteiger partial charge on any atom is 0.370 e. The summed E-state index contributed by atoms with van der Waals surface area (Å²) in [4.78, 5) is 29.2. The second-order valence-corrected chi connectivity index (χ2v) is 7.36. The third-order valence-corrected chi connectivity index (χ3v) is 5.27. The first-order valence-electron chi connectivity index (χ1n) is 8.43. The normalized spacial score (nSPS) is 13.5. The van der Waals surface area contributed by atoms with E-state index in [1.165, 1.54) is 17.6 Å². The van der Waals surface area contributed by atoms with Crippen LogP contribution in [-0.2, 0) is 4.79 Å². The molecule has 0 aliphatic heterocycles. The van der Waals surface area contributed by atoms with E-state index in [1.807, 2.05) is 26.2 Å². The van der Waals surface area contributed by atoms with Crippen LogP contribution in [0.2, 0.25) is 0 Å². The van der Waals surface area contributed by atoms with Gasteiger partial charge in [0.05, 0.1) is 21.7 Å². The van der Waals surface area contributed by atoms with Gasteiger partial charge in [0.1, 0.15) is 17.6 Å². The number of carbonyl (C=O) groups excluding carboxylic acids is 1. The van der Waals surface area contributed by atoms with Crippen molar-refractivity contribution < 1.29 is 19.7 Å². The van der Waals surface area contributed by atoms with Crippen molar-refractivity contribution in [2.24, 2.45) is 5.92 Å². The van der Waals surface area contributed by atoms with Crippen molar-refractivity contribution in [3.05, 3.63) is 45.1 Å². The molecule has 0 radical (unpaired) electrons. The van der Waals surface area contributed by atoms with Crippen molar-refractivity contribution in [3.63, 3.8) is 0 Å². The molecule has 3 N–H and O–H groups in total. The zero-order valence-corrected chi connectivity index (χ0v) is 15.8. The molecule has 0 saturated heterocycles. The fourth-order valence-electron chi connectivity index (χ4n) is 2.54. The number of quaternary nitrogens is 1. The summed E-state index contributed by atoms with van der Waals surface area (Å²) in [5, 5.41) is 3.12. The maximum atomic E-state index is 12.7. The van der Waals surface area contributed by atoms with Gasteiger partial charge in [-0.25, -0.2) is 9.78 Å². The monoisotopic (exact) mass is 373 g/mol. The Kier molecular flexibility index (Phi) is 5.20. The van der Waals surface area contributed by atoms with E-state index in [1.54, 1.807) is 18.2 Å². The van der Waals surface area contributed by atoms with E-state index in [9.17, 15) is 9.59 Å². The Morgan fingerprint density at radius 2 is 2.19 bits per heavy atom. The van der Waals surface area contributed by atoms with Gasteiger partial charge in [0, 0.05) is 17.4 Å². The maximum absolute atomic E-state index is 12.7. The number of hydrogen-bond acceptors (Lipinski definition) is 6. The number of carbonyl (C=O) groups is 1. The Labute approximate surface area is 154 Å². The van der Waals surface area contributed by atoms with Crippen LogP contribution in [0, 0.1) is 12.8 Å². The molecule has 0 fully saturated rings. The van der Waals surface area contributed by atoms with Crippen LogP contribution < -0.4 is 15.9 Å². The van der Waals surface area contributed by atoms with Crippen LogP contribution in [0.4, 0.5) is 0 Å². The van der Waals surface area contributed by atoms with Crippen molar-refractivity contribution in [2.45, 2.75) is 33.2 Å². The number of thiazole rings is 1. The Balaban J connectivity index is 1.91. The minimum absolute atomic E-state index is 0.130. The lowest BCUT2D eigenvalue weighted by molar-refractivity contribution is -0.418. The van der Waals surface area contributed by atoms with Crippen LogP contribution in [0.15, 0.2) is 39.1 Å². The van der Waals surface area contributed by atoms with Crippen LogP contribution in [-0.4, -0.2) is 17.0 Å². The molecule has 1 aromatic carbocycles. The number of fused-ring (bicyclic) bond motifs is 1. The predicted octanol–water partition coefficient (Wildman–Crippen LogP) is 2.79. The van der Waals surface area contributed by atoms with E-state index in [2.05, 4.69) is 10.7 Å². The highest BCUT2D eigenvalue weighted by Crippen LogP contribution is 2.24. The smallest absolute Gasteiger partial charge is 0.370 e. The summed E-state index contributed by atoms with van der Waals surface area (Å²) >= 11 is 1.47. The zero-order valence-electron chi connectivity index (χ0n) is 14.9. The number of rotatable bonds is 5. The number of aromatic nitrogens is 1. The van der Waals surface area contributed by atoms with Crippen molar-refractivity contribution in [1.29, 1.82) is 0 Å². The van der Waals surface area contributed by atoms with Gasteiger partial charge in [0.2, 0.25) is 5.43 Å². The first-order chi connectivity index (χ1) is 12.4. The highest BCUT2D eigenvalue weighted by molar-refractivity contribution is 7.09. The van der Waals surface area contributed by atoms with Gasteiger partial charge in [-0.05, 0) is 25.5 Å². The summed E-state index contributed by atoms with van der Waals surface area (Å²) in [5.41, 5.74) is 5.09. The SMILES string of the molecule is CC[C@H](C)[C@@H]([NH3+])C(=O)Oc1ccc2c(=O)c(-c3csc(C)n3)coc2c1. The second kappa shape index (κ2) is 7.39. The van der Waals surface area contributed by atoms with E-state index in [0.29, 0.717) is 28.0 Å². The molecule has 0 unspecified atom stereocenters. The molecule has 0 aliphatic rings. The van der Waals surface area contributed by atoms with Crippen LogP contribution in [0.5, 0.6) is 5.75 Å². The zero-order chi connectivity index (χ0) is 18.8. The highest BCUT2D eigenvalue weighted by Gasteiger charge is 2.25. The summed E-state index contributed by atoms with van der Waals surface area (Å²) in [6.45, 7) is 5.84. The minimum atomic E-state index is -0.446. The summed E-state index contributed by atoms with van der Waals surface area (Å²) in [6, 6.07) is 4.30. The topological polar surface area (TPSA) is 97.0 Å². The average molecular weight is 373 g/mol. The van der Waals surface area contributed by atoms with E-state index in [-0.39, 0.29) is 11.3 Å². The molecule has 136 valence electrons. The lowest BCUT2D eigenvalue weighted by atomic mass is 10.0. The number of nitrogens with zero attached hydrogens (tertiary/aromatic N) is 1. The number of aryl methyl sites for hydroxylation is 1. The van der Waals surface area contributed by atoms with Crippen molar-refractivity contribution in [2.75, 3.05) is 0 Å². The number of hydrogen-bond donors (Lipinski definition) is 1. The molecule has 0 amide bonds. The molecule has 6 nitrogen and oxygen atoms in total. The van der Waals surface area contributed by atoms with Gasteiger partial charge in [0.15, 0.2) is 6.04 Å². The summed E-state index contributed by atoms with van der Waals surface area (Å²) in [7, 11) is 0. The Morgan fingerprint density at radius 1 is 1.42 bits per heavy atom. The van der Waals surface area contributed by atoms with Crippen molar-refractivity contribution in [1.82, 2.24) is 4.98 Å². The molecule has 3 aromatic rings. The number of benzene rings is 1. The summed E-state index contributed by atoms with van der Waals surface area (Å²) in [6.07, 6.45) is 2.24. The standard InChI is InChI=1S/C19H20N2O4S/c1-4-10(2)17(20)19(23)25-12-5-6-13-16(7-12)24-8-14(18(13)22)15-9-26-11(3)21-15/h5-10,17H,4,20H2,1-3H3/p+1/t10-,17+/m0/s1. The van der Waals surface area contributed by atoms with Gasteiger partial charge >= 0.3 is 5.97 Å². The van der Waals surface area contributed by atoms with Gasteiger partial charge in [0.25, 0.3) is 0 Å². The minimum Gasteiger partial charge on any atom is -0.463 e. The lowest BCUT2D eigenvalue weighted by Crippen LogP contribution is -2.68. The Morgan fingerprint density at radius 3 is 2.85 bits per heavy atom. The molecule has 0 aliphatic carbocycles. The molecular weight excluding hydrogens is 352 g/mol. The first kappa shape index (κ1) is 18.3. The predicted molar refractivity (Wildman–Crippen MR) is 100 cm³/mol. The fourth-order valence-corrected chi connectivity index (χ4v) is 3.16. The van der Waals surface area contributed by atoms with Crippen LogP contribution in [0.1, 0.15) is 25.3 Å². The van der Waals surface area contributed by atoms with Crippen LogP contribution in [0.25, 0.3) is 22.2 Å². The van der Waals surface area contributed by atoms with Gasteiger partial charge in [-0.3, -0.25) is 4.79 Å². The van der Waals surface area contributed by atoms with Crippen molar-refractivity contribution in [3.8, 4) is 17.0 Å². The third-order valence-electron chi connectivity index (χ3n) is 4.49. The van der Waals surface area contributed by atoms with Crippen LogP contribution >= 0.6 is 11.3 Å². The Hall–Kier alpha value is -2.51. The lowest BCUT2D eigenvalue weighted by Gasteiger charge is -2.13. The molecule has 7 heteroatoms. The molecule has 0 bridgehead atoms. The average Bonchev–Trinajstić information content (AvgIpc) is 3.06. The highest BCUT2D eigenvalue weighted by atomic mass is 32.1. The first-order valence-corrected chi connectivity index (χ1v) is 9.31. The molecular formula is C19H21N2O4S+. The third kappa shape index (κ3) is 3.54. The molecule has 0 spiro atoms. The molecule has 2 aromatic heterocycles. The number of esters is 1. The van der Waals surface area contributed by atoms with E-state index in [4.69, 9.17) is 9.15 Å². The van der Waals surface area contributed by atoms with Gasteiger partial charge in [-0.2, -0.15) is 0 Å². The van der Waals surface area contributed by atoms with Gasteiger partial charge in [-0.15, -0.1) is 11.3 Å². The number of ether oxygens (including phenoxy) is 1. The quantitative estimate of drug-likeness (QED) is 0.548. The van der Waals surface area contributed by atoms with Crippen molar-refractivity contribution >= 4 is 28.3 Å². The van der Waals surface area contributed by atoms with E-state index in [0.717, 1.165) is 11.4 Å². The fraction of sp³-hybridized carbons (Fsp3) is 0.316. The molecule has 26 heavy (non-hydrogen) atoms. The van der Waals surface area contributed by atoms with Gasteiger partial charge in [-0.1, -0.05) is 13.8 Å². The van der Waals surface area contributed by atoms with E-state index < -0.39 is 12.0 Å². The largest absolute Gasteiger partial charge is 0.463 e. The summed E-state index contributed by atoms with van der Waals surface area (Å²) in [5.74, 6) is 0.0699. The van der Waals surface area contributed by atoms with E-state index >= 15 is 0 Å². The molecule has 3 rings (SSSR count). The molecule has 2 atom stereocenters. The molecule has 0 saturated carbocycles.